The van der Waals surface area contributed by atoms with Gasteiger partial charge in [-0.25, -0.2) is 4.37 Å². The van der Waals surface area contributed by atoms with Gasteiger partial charge in [-0.15, -0.1) is 0 Å². The van der Waals surface area contributed by atoms with Crippen molar-refractivity contribution < 1.29 is 4.79 Å². The molecule has 1 aliphatic heterocycles. The Morgan fingerprint density at radius 1 is 1.38 bits per heavy atom. The van der Waals surface area contributed by atoms with Crippen LogP contribution in [0.1, 0.15) is 15.9 Å². The monoisotopic (exact) mass is 250 g/mol. The Balaban J connectivity index is 2.27. The van der Waals surface area contributed by atoms with E-state index in [0.717, 1.165) is 16.7 Å². The lowest BCUT2D eigenvalue weighted by molar-refractivity contribution is 0.0966. The van der Waals surface area contributed by atoms with E-state index in [1.54, 1.807) is 12.3 Å². The highest BCUT2D eigenvalue weighted by atomic mass is 35.5. The maximum absolute atomic E-state index is 11.6. The first-order chi connectivity index (χ1) is 7.75. The minimum atomic E-state index is -0.0538. The first kappa shape index (κ1) is 9.81. The zero-order valence-corrected chi connectivity index (χ0v) is 9.73. The highest BCUT2D eigenvalue weighted by Crippen LogP contribution is 2.32. The number of hydrogen-bond acceptors (Lipinski definition) is 3. The Morgan fingerprint density at radius 2 is 2.19 bits per heavy atom. The number of nitrogens with one attached hydrogen (secondary N) is 1. The molecular weight excluding hydrogens is 244 g/mol. The lowest BCUT2D eigenvalue weighted by Crippen LogP contribution is -2.12. The van der Waals surface area contributed by atoms with Crippen LogP contribution in [0.4, 0.5) is 0 Å². The van der Waals surface area contributed by atoms with Crippen molar-refractivity contribution >= 4 is 29.0 Å². The minimum absolute atomic E-state index is 0.0538. The zero-order valence-electron chi connectivity index (χ0n) is 8.16. The number of carbonyl (C=O) groups excluding carboxylic acids is 1. The molecule has 0 spiro atoms. The van der Waals surface area contributed by atoms with Gasteiger partial charge in [-0.2, -0.15) is 0 Å². The molecule has 2 heterocycles. The first-order valence-electron chi connectivity index (χ1n) is 4.76. The van der Waals surface area contributed by atoms with E-state index < -0.39 is 0 Å². The Morgan fingerprint density at radius 3 is 2.94 bits per heavy atom. The van der Waals surface area contributed by atoms with Crippen molar-refractivity contribution in [2.45, 2.75) is 6.54 Å². The van der Waals surface area contributed by atoms with Gasteiger partial charge in [0.2, 0.25) is 0 Å². The van der Waals surface area contributed by atoms with Crippen LogP contribution in [-0.4, -0.2) is 10.3 Å². The quantitative estimate of drug-likeness (QED) is 0.846. The Kier molecular flexibility index (Phi) is 2.19. The van der Waals surface area contributed by atoms with Crippen molar-refractivity contribution in [1.29, 1.82) is 0 Å². The maximum Gasteiger partial charge on any atom is 0.251 e. The van der Waals surface area contributed by atoms with E-state index in [2.05, 4.69) is 9.69 Å². The molecule has 5 heteroatoms. The summed E-state index contributed by atoms with van der Waals surface area (Å²) < 4.78 is 4.07. The summed E-state index contributed by atoms with van der Waals surface area (Å²) in [6.07, 6.45) is 1.79. The summed E-state index contributed by atoms with van der Waals surface area (Å²) in [7, 11) is 0. The molecule has 1 aliphatic rings. The van der Waals surface area contributed by atoms with Crippen molar-refractivity contribution in [3.8, 4) is 11.1 Å². The van der Waals surface area contributed by atoms with Crippen LogP contribution in [-0.2, 0) is 6.54 Å². The fraction of sp³-hybridized carbons (Fsp3) is 0.0909. The number of aromatic nitrogens is 1. The van der Waals surface area contributed by atoms with Gasteiger partial charge < -0.3 is 5.32 Å². The molecule has 1 aromatic heterocycles. The second-order valence-corrected chi connectivity index (χ2v) is 4.67. The topological polar surface area (TPSA) is 42.0 Å². The largest absolute Gasteiger partial charge is 0.348 e. The molecule has 2 aromatic rings. The third-order valence-electron chi connectivity index (χ3n) is 2.63. The van der Waals surface area contributed by atoms with E-state index in [1.165, 1.54) is 11.5 Å². The molecule has 0 atom stereocenters. The fourth-order valence-corrected chi connectivity index (χ4v) is 2.64. The summed E-state index contributed by atoms with van der Waals surface area (Å²) in [5.74, 6) is -0.0538. The maximum atomic E-state index is 11.6. The van der Waals surface area contributed by atoms with Gasteiger partial charge in [0.15, 0.2) is 0 Å². The lowest BCUT2D eigenvalue weighted by atomic mass is 9.99. The Labute approximate surface area is 101 Å². The second kappa shape index (κ2) is 3.57. The summed E-state index contributed by atoms with van der Waals surface area (Å²) >= 11 is 7.40. The van der Waals surface area contributed by atoms with E-state index in [1.807, 2.05) is 11.4 Å². The van der Waals surface area contributed by atoms with Crippen LogP contribution < -0.4 is 5.32 Å². The number of halogens is 1. The predicted octanol–water partition coefficient (Wildman–Crippen LogP) is 2.71. The van der Waals surface area contributed by atoms with Gasteiger partial charge in [-0.3, -0.25) is 4.79 Å². The number of carbonyl (C=O) groups is 1. The molecule has 3 nitrogen and oxygen atoms in total. The normalized spacial score (nSPS) is 13.7. The predicted molar refractivity (Wildman–Crippen MR) is 63.7 cm³/mol. The van der Waals surface area contributed by atoms with Crippen LogP contribution in [0.2, 0.25) is 5.02 Å². The van der Waals surface area contributed by atoms with Crippen LogP contribution >= 0.6 is 23.1 Å². The minimum Gasteiger partial charge on any atom is -0.348 e. The highest BCUT2D eigenvalue weighted by Gasteiger charge is 2.23. The Bertz CT molecular complexity index is 566. The van der Waals surface area contributed by atoms with Crippen molar-refractivity contribution in [1.82, 2.24) is 9.69 Å². The number of amides is 1. The molecule has 0 fully saturated rings. The average molecular weight is 251 g/mol. The van der Waals surface area contributed by atoms with Crippen LogP contribution in [0.15, 0.2) is 23.7 Å². The van der Waals surface area contributed by atoms with E-state index in [-0.39, 0.29) is 5.91 Å². The number of rotatable bonds is 1. The van der Waals surface area contributed by atoms with Crippen LogP contribution in [0.5, 0.6) is 0 Å². The zero-order chi connectivity index (χ0) is 11.1. The first-order valence-corrected chi connectivity index (χ1v) is 5.97. The van der Waals surface area contributed by atoms with Gasteiger partial charge >= 0.3 is 0 Å². The third kappa shape index (κ3) is 1.42. The second-order valence-electron chi connectivity index (χ2n) is 3.58. The van der Waals surface area contributed by atoms with Gasteiger partial charge in [0.25, 0.3) is 5.91 Å². The molecule has 3 rings (SSSR count). The number of hydrogen-bond donors (Lipinski definition) is 1. The van der Waals surface area contributed by atoms with E-state index in [4.69, 9.17) is 11.6 Å². The van der Waals surface area contributed by atoms with Gasteiger partial charge in [0.1, 0.15) is 0 Å². The highest BCUT2D eigenvalue weighted by molar-refractivity contribution is 7.03. The Hall–Kier alpha value is -1.39. The molecule has 80 valence electrons. The average Bonchev–Trinajstić information content (AvgIpc) is 2.88. The number of nitrogens with zero attached hydrogens (tertiary/aromatic N) is 1. The smallest absolute Gasteiger partial charge is 0.251 e. The summed E-state index contributed by atoms with van der Waals surface area (Å²) in [5.41, 5.74) is 3.69. The molecule has 0 saturated heterocycles. The number of fused-ring (bicyclic) bond motifs is 1. The standard InChI is InChI=1S/C11H7ClN2OS/c12-7-1-8(6-3-14-16-5-6)10-4-13-11(15)9(10)2-7/h1-3,5H,4H2,(H,13,15). The molecule has 0 radical (unpaired) electrons. The molecule has 0 saturated carbocycles. The van der Waals surface area contributed by atoms with E-state index in [0.29, 0.717) is 17.1 Å². The van der Waals surface area contributed by atoms with Gasteiger partial charge in [-0.05, 0) is 34.8 Å². The molecule has 1 aromatic carbocycles. The van der Waals surface area contributed by atoms with Crippen LogP contribution in [0, 0.1) is 0 Å². The summed E-state index contributed by atoms with van der Waals surface area (Å²) in [4.78, 5) is 11.6. The fourth-order valence-electron chi connectivity index (χ4n) is 1.89. The lowest BCUT2D eigenvalue weighted by Gasteiger charge is -2.05. The van der Waals surface area contributed by atoms with Crippen LogP contribution in [0.3, 0.4) is 0 Å². The van der Waals surface area contributed by atoms with Gasteiger partial charge in [0, 0.05) is 34.3 Å². The summed E-state index contributed by atoms with van der Waals surface area (Å²) in [6.45, 7) is 0.566. The molecule has 0 bridgehead atoms. The third-order valence-corrected chi connectivity index (χ3v) is 3.43. The van der Waals surface area contributed by atoms with Crippen molar-refractivity contribution in [3.63, 3.8) is 0 Å². The van der Waals surface area contributed by atoms with Gasteiger partial charge in [0.05, 0.1) is 0 Å². The molecular formula is C11H7ClN2OS. The van der Waals surface area contributed by atoms with E-state index in [9.17, 15) is 4.79 Å². The van der Waals surface area contributed by atoms with E-state index >= 15 is 0 Å². The molecule has 0 aliphatic carbocycles. The summed E-state index contributed by atoms with van der Waals surface area (Å²) in [6, 6.07) is 3.59. The van der Waals surface area contributed by atoms with Crippen molar-refractivity contribution in [2.75, 3.05) is 0 Å². The summed E-state index contributed by atoms with van der Waals surface area (Å²) in [5, 5.41) is 5.33. The molecule has 16 heavy (non-hydrogen) atoms. The number of benzene rings is 1. The van der Waals surface area contributed by atoms with Gasteiger partial charge in [-0.1, -0.05) is 11.6 Å². The molecule has 0 unspecified atom stereocenters. The van der Waals surface area contributed by atoms with Crippen LogP contribution in [0.25, 0.3) is 11.1 Å². The van der Waals surface area contributed by atoms with Crippen molar-refractivity contribution in [3.05, 3.63) is 39.9 Å². The van der Waals surface area contributed by atoms with Crippen molar-refractivity contribution in [2.24, 2.45) is 0 Å². The molecule has 1 N–H and O–H groups in total. The SMILES string of the molecule is O=C1NCc2c1cc(Cl)cc2-c1cnsc1. The molecule has 1 amide bonds.